The predicted molar refractivity (Wildman–Crippen MR) is 212 cm³/mol. The van der Waals surface area contributed by atoms with Gasteiger partial charge in [-0.2, -0.15) is 0 Å². The van der Waals surface area contributed by atoms with Crippen molar-refractivity contribution in [2.45, 2.75) is 105 Å². The number of aryl methyl sites for hydroxylation is 1. The maximum absolute atomic E-state index is 13.7. The van der Waals surface area contributed by atoms with Crippen molar-refractivity contribution in [1.82, 2.24) is 14.8 Å². The van der Waals surface area contributed by atoms with Crippen LogP contribution in [-0.2, 0) is 31.9 Å². The number of benzene rings is 2. The smallest absolute Gasteiger partial charge is 0.416 e. The second-order valence-corrected chi connectivity index (χ2v) is 17.1. The van der Waals surface area contributed by atoms with Gasteiger partial charge in [0.1, 0.15) is 40.8 Å². The molecule has 0 bridgehead atoms. The maximum atomic E-state index is 13.7. The average molecular weight is 779 g/mol. The first-order valence-electron chi connectivity index (χ1n) is 19.1. The highest BCUT2D eigenvalue weighted by atomic mass is 19.1. The van der Waals surface area contributed by atoms with Gasteiger partial charge in [0.05, 0.1) is 32.3 Å². The summed E-state index contributed by atoms with van der Waals surface area (Å²) < 4.78 is 43.1. The van der Waals surface area contributed by atoms with E-state index in [2.05, 4.69) is 0 Å². The van der Waals surface area contributed by atoms with E-state index in [0.29, 0.717) is 24.5 Å². The molecule has 1 saturated heterocycles. The monoisotopic (exact) mass is 778 g/mol. The van der Waals surface area contributed by atoms with Gasteiger partial charge in [-0.15, -0.1) is 0 Å². The first kappa shape index (κ1) is 43.8. The van der Waals surface area contributed by atoms with Gasteiger partial charge in [-0.25, -0.2) is 23.8 Å². The van der Waals surface area contributed by atoms with Crippen LogP contribution in [0.4, 0.5) is 24.6 Å². The molecule has 306 valence electrons. The van der Waals surface area contributed by atoms with Crippen LogP contribution in [0, 0.1) is 18.7 Å². The molecule has 0 N–H and O–H groups in total. The SMILES string of the molecule is Cc1cc(C[C@@H]2CN(C(=O)OC(C)(C)C)C[C@@H]2OCCN(CCOc2cccc(F)c2)C(=O)OC(C)(C)C)nc(N(Cc2ccccc2)C(=O)OC(C)(C)C)c1. The Morgan fingerprint density at radius 1 is 0.786 bits per heavy atom. The van der Waals surface area contributed by atoms with Crippen LogP contribution in [0.2, 0.25) is 0 Å². The summed E-state index contributed by atoms with van der Waals surface area (Å²) in [5.74, 6) is 0.186. The molecule has 0 saturated carbocycles. The van der Waals surface area contributed by atoms with Crippen molar-refractivity contribution in [3.05, 3.63) is 89.4 Å². The molecule has 4 rings (SSSR count). The summed E-state index contributed by atoms with van der Waals surface area (Å²) in [5.41, 5.74) is 0.400. The van der Waals surface area contributed by atoms with Gasteiger partial charge in [-0.1, -0.05) is 36.4 Å². The highest BCUT2D eigenvalue weighted by molar-refractivity contribution is 5.86. The summed E-state index contributed by atoms with van der Waals surface area (Å²) >= 11 is 0. The van der Waals surface area contributed by atoms with Crippen LogP contribution in [0.1, 0.15) is 79.1 Å². The molecular weight excluding hydrogens is 719 g/mol. The van der Waals surface area contributed by atoms with Crippen molar-refractivity contribution in [2.24, 2.45) is 5.92 Å². The molecule has 2 heterocycles. The second-order valence-electron chi connectivity index (χ2n) is 17.1. The largest absolute Gasteiger partial charge is 0.492 e. The molecule has 2 aromatic carbocycles. The Hall–Kier alpha value is -4.91. The van der Waals surface area contributed by atoms with Crippen molar-refractivity contribution < 1.29 is 42.5 Å². The lowest BCUT2D eigenvalue weighted by atomic mass is 9.98. The van der Waals surface area contributed by atoms with Crippen molar-refractivity contribution >= 4 is 24.1 Å². The Labute approximate surface area is 331 Å². The predicted octanol–water partition coefficient (Wildman–Crippen LogP) is 8.58. The zero-order chi connectivity index (χ0) is 41.3. The molecule has 56 heavy (non-hydrogen) atoms. The number of nitrogens with zero attached hydrogens (tertiary/aromatic N) is 4. The van der Waals surface area contributed by atoms with Gasteiger partial charge in [0.25, 0.3) is 0 Å². The zero-order valence-electron chi connectivity index (χ0n) is 34.6. The van der Waals surface area contributed by atoms with Crippen molar-refractivity contribution in [3.63, 3.8) is 0 Å². The zero-order valence-corrected chi connectivity index (χ0v) is 34.6. The third-order valence-corrected chi connectivity index (χ3v) is 8.36. The topological polar surface area (TPSA) is 120 Å². The lowest BCUT2D eigenvalue weighted by Gasteiger charge is -2.28. The number of rotatable bonds is 13. The summed E-state index contributed by atoms with van der Waals surface area (Å²) in [6.45, 7) is 19.7. The van der Waals surface area contributed by atoms with E-state index in [1.54, 1.807) is 37.8 Å². The molecule has 1 fully saturated rings. The Kier molecular flexibility index (Phi) is 14.7. The minimum atomic E-state index is -0.732. The number of carbonyl (C=O) groups is 3. The summed E-state index contributed by atoms with van der Waals surface area (Å²) in [7, 11) is 0. The number of anilines is 1. The van der Waals surface area contributed by atoms with E-state index in [-0.39, 0.29) is 45.3 Å². The first-order chi connectivity index (χ1) is 26.1. The normalized spacial score (nSPS) is 15.9. The third-order valence-electron chi connectivity index (χ3n) is 8.36. The van der Waals surface area contributed by atoms with Crippen molar-refractivity contribution in [1.29, 1.82) is 0 Å². The van der Waals surface area contributed by atoms with Crippen LogP contribution >= 0.6 is 0 Å². The summed E-state index contributed by atoms with van der Waals surface area (Å²) in [4.78, 5) is 49.8. The lowest BCUT2D eigenvalue weighted by molar-refractivity contribution is -0.00295. The van der Waals surface area contributed by atoms with Crippen LogP contribution in [0.5, 0.6) is 5.75 Å². The standard InChI is InChI=1S/C43H59FN4O8/c1-30-23-34(45-37(24-30)48(40(51)56-43(8,9)10)27-31-15-12-11-13-16-31)25-32-28-47(39(50)55-42(5,6)7)29-36(32)53-22-20-46(38(49)54-41(2,3)4)19-21-52-35-18-14-17-33(44)26-35/h11-18,23-24,26,32,36H,19-22,25,27-29H2,1-10H3/t32-,36+/m1/s1. The fraction of sp³-hybridized carbons (Fsp3) is 0.535. The highest BCUT2D eigenvalue weighted by Gasteiger charge is 2.39. The minimum Gasteiger partial charge on any atom is -0.492 e. The van der Waals surface area contributed by atoms with Gasteiger partial charge in [-0.05, 0) is 111 Å². The quantitative estimate of drug-likeness (QED) is 0.157. The molecule has 0 unspecified atom stereocenters. The number of amides is 3. The number of carbonyl (C=O) groups excluding carboxylic acids is 3. The summed E-state index contributed by atoms with van der Waals surface area (Å²) in [6.07, 6.45) is -1.49. The number of hydrogen-bond donors (Lipinski definition) is 0. The molecular formula is C43H59FN4O8. The lowest BCUT2D eigenvalue weighted by Crippen LogP contribution is -2.41. The summed E-state index contributed by atoms with van der Waals surface area (Å²) in [5, 5.41) is 0. The van der Waals surface area contributed by atoms with Gasteiger partial charge in [-0.3, -0.25) is 4.90 Å². The number of halogens is 1. The molecule has 12 nitrogen and oxygen atoms in total. The van der Waals surface area contributed by atoms with Crippen LogP contribution in [-0.4, -0.2) is 95.4 Å². The number of ether oxygens (including phenoxy) is 5. The third kappa shape index (κ3) is 14.6. The molecule has 1 aliphatic heterocycles. The van der Waals surface area contributed by atoms with E-state index in [0.717, 1.165) is 16.8 Å². The molecule has 3 amide bonds. The van der Waals surface area contributed by atoms with Gasteiger partial charge < -0.3 is 33.5 Å². The van der Waals surface area contributed by atoms with Crippen LogP contribution < -0.4 is 9.64 Å². The van der Waals surface area contributed by atoms with E-state index < -0.39 is 47.0 Å². The molecule has 2 atom stereocenters. The van der Waals surface area contributed by atoms with Crippen LogP contribution in [0.25, 0.3) is 0 Å². The molecule has 1 aromatic heterocycles. The molecule has 0 aliphatic carbocycles. The Morgan fingerprint density at radius 3 is 2.07 bits per heavy atom. The van der Waals surface area contributed by atoms with E-state index in [9.17, 15) is 18.8 Å². The van der Waals surface area contributed by atoms with E-state index in [1.165, 1.54) is 21.9 Å². The number of likely N-dealkylation sites (tertiary alicyclic amines) is 1. The van der Waals surface area contributed by atoms with Crippen LogP contribution in [0.3, 0.4) is 0 Å². The fourth-order valence-electron chi connectivity index (χ4n) is 6.02. The van der Waals surface area contributed by atoms with E-state index in [4.69, 9.17) is 28.7 Å². The molecule has 0 radical (unpaired) electrons. The number of hydrogen-bond acceptors (Lipinski definition) is 9. The minimum absolute atomic E-state index is 0.104. The first-order valence-corrected chi connectivity index (χ1v) is 19.1. The fourth-order valence-corrected chi connectivity index (χ4v) is 6.02. The molecule has 1 aliphatic rings. The molecule has 13 heteroatoms. The van der Waals surface area contributed by atoms with E-state index in [1.807, 2.05) is 90.9 Å². The van der Waals surface area contributed by atoms with Gasteiger partial charge in [0.15, 0.2) is 0 Å². The van der Waals surface area contributed by atoms with E-state index >= 15 is 0 Å². The Balaban J connectivity index is 1.54. The Bertz CT molecular complexity index is 1770. The second kappa shape index (κ2) is 18.8. The van der Waals surface area contributed by atoms with Crippen molar-refractivity contribution in [2.75, 3.05) is 44.3 Å². The summed E-state index contributed by atoms with van der Waals surface area (Å²) in [6, 6.07) is 19.3. The number of aromatic nitrogens is 1. The highest BCUT2D eigenvalue weighted by Crippen LogP contribution is 2.28. The number of pyridine rings is 1. The Morgan fingerprint density at radius 2 is 1.43 bits per heavy atom. The average Bonchev–Trinajstić information content (AvgIpc) is 3.46. The van der Waals surface area contributed by atoms with Crippen LogP contribution in [0.15, 0.2) is 66.7 Å². The maximum Gasteiger partial charge on any atom is 0.416 e. The van der Waals surface area contributed by atoms with Gasteiger partial charge >= 0.3 is 18.3 Å². The molecule has 3 aromatic rings. The van der Waals surface area contributed by atoms with Gasteiger partial charge in [0.2, 0.25) is 0 Å². The van der Waals surface area contributed by atoms with Gasteiger partial charge in [0, 0.05) is 30.8 Å². The molecule has 0 spiro atoms. The van der Waals surface area contributed by atoms with Crippen molar-refractivity contribution in [3.8, 4) is 5.75 Å².